The van der Waals surface area contributed by atoms with Gasteiger partial charge in [-0.25, -0.2) is 13.1 Å². The van der Waals surface area contributed by atoms with Gasteiger partial charge >= 0.3 is 0 Å². The quantitative estimate of drug-likeness (QED) is 0.685. The molecule has 1 amide bonds. The van der Waals surface area contributed by atoms with Gasteiger partial charge in [-0.15, -0.1) is 0 Å². The summed E-state index contributed by atoms with van der Waals surface area (Å²) >= 11 is 0. The van der Waals surface area contributed by atoms with Crippen LogP contribution >= 0.6 is 0 Å². The van der Waals surface area contributed by atoms with E-state index in [1.54, 1.807) is 12.1 Å². The molecule has 2 aromatic carbocycles. The number of unbranched alkanes of at least 4 members (excludes halogenated alkanes) is 2. The van der Waals surface area contributed by atoms with E-state index in [9.17, 15) is 13.2 Å². The largest absolute Gasteiger partial charge is 0.322 e. The van der Waals surface area contributed by atoms with E-state index in [1.807, 2.05) is 32.0 Å². The van der Waals surface area contributed by atoms with Gasteiger partial charge in [0.2, 0.25) is 10.0 Å². The van der Waals surface area contributed by atoms with E-state index in [1.165, 1.54) is 12.1 Å². The third kappa shape index (κ3) is 5.68. The minimum Gasteiger partial charge on any atom is -0.322 e. The highest BCUT2D eigenvalue weighted by molar-refractivity contribution is 7.89. The topological polar surface area (TPSA) is 75.3 Å². The minimum atomic E-state index is -3.61. The fourth-order valence-corrected chi connectivity index (χ4v) is 3.84. The summed E-state index contributed by atoms with van der Waals surface area (Å²) in [5, 5.41) is 2.82. The minimum absolute atomic E-state index is 0.0991. The average molecular weight is 375 g/mol. The standard InChI is InChI=1S/C20H26N2O3S/c1-4-5-6-10-21-26(24,25)19-9-7-8-17(14-19)20(23)22-18-12-15(2)11-16(3)13-18/h7-9,11-14,21H,4-6,10H2,1-3H3,(H,22,23). The Labute approximate surface area is 155 Å². The van der Waals surface area contributed by atoms with Crippen LogP contribution in [-0.2, 0) is 10.0 Å². The molecule has 0 bridgehead atoms. The molecule has 0 saturated heterocycles. The average Bonchev–Trinajstić information content (AvgIpc) is 2.58. The molecule has 5 nitrogen and oxygen atoms in total. The lowest BCUT2D eigenvalue weighted by atomic mass is 10.1. The zero-order chi connectivity index (χ0) is 19.2. The van der Waals surface area contributed by atoms with E-state index in [4.69, 9.17) is 0 Å². The van der Waals surface area contributed by atoms with Crippen molar-refractivity contribution in [3.63, 3.8) is 0 Å². The number of amides is 1. The summed E-state index contributed by atoms with van der Waals surface area (Å²) in [6, 6.07) is 11.9. The zero-order valence-corrected chi connectivity index (χ0v) is 16.3. The third-order valence-corrected chi connectivity index (χ3v) is 5.42. The van der Waals surface area contributed by atoms with Gasteiger partial charge in [-0.2, -0.15) is 0 Å². The third-order valence-electron chi connectivity index (χ3n) is 3.96. The van der Waals surface area contributed by atoms with Gasteiger partial charge in [0.05, 0.1) is 4.90 Å². The molecule has 0 fully saturated rings. The highest BCUT2D eigenvalue weighted by Crippen LogP contribution is 2.17. The maximum atomic E-state index is 12.5. The number of sulfonamides is 1. The molecule has 0 aliphatic carbocycles. The Bertz CT molecular complexity index is 856. The Morgan fingerprint density at radius 1 is 1.00 bits per heavy atom. The summed E-state index contributed by atoms with van der Waals surface area (Å²) in [6.07, 6.45) is 2.79. The number of nitrogens with one attached hydrogen (secondary N) is 2. The number of hydrogen-bond acceptors (Lipinski definition) is 3. The van der Waals surface area contributed by atoms with Crippen LogP contribution in [0.4, 0.5) is 5.69 Å². The Hall–Kier alpha value is -2.18. The lowest BCUT2D eigenvalue weighted by Crippen LogP contribution is -2.25. The Morgan fingerprint density at radius 2 is 1.69 bits per heavy atom. The van der Waals surface area contributed by atoms with E-state index < -0.39 is 10.0 Å². The molecule has 26 heavy (non-hydrogen) atoms. The number of aryl methyl sites for hydroxylation is 2. The fourth-order valence-electron chi connectivity index (χ4n) is 2.72. The smallest absolute Gasteiger partial charge is 0.255 e. The van der Waals surface area contributed by atoms with Crippen molar-refractivity contribution in [1.82, 2.24) is 4.72 Å². The van der Waals surface area contributed by atoms with Gasteiger partial charge in [0, 0.05) is 17.8 Å². The van der Waals surface area contributed by atoms with E-state index in [0.717, 1.165) is 30.4 Å². The number of benzene rings is 2. The summed E-state index contributed by atoms with van der Waals surface area (Å²) in [4.78, 5) is 12.6. The van der Waals surface area contributed by atoms with Gasteiger partial charge in [0.15, 0.2) is 0 Å². The molecule has 0 unspecified atom stereocenters. The molecule has 140 valence electrons. The second-order valence-electron chi connectivity index (χ2n) is 6.46. The zero-order valence-electron chi connectivity index (χ0n) is 15.5. The van der Waals surface area contributed by atoms with Crippen LogP contribution in [0.2, 0.25) is 0 Å². The van der Waals surface area contributed by atoms with Crippen molar-refractivity contribution in [2.24, 2.45) is 0 Å². The number of rotatable bonds is 8. The van der Waals surface area contributed by atoms with E-state index >= 15 is 0 Å². The van der Waals surface area contributed by atoms with Crippen molar-refractivity contribution in [3.05, 3.63) is 59.2 Å². The Morgan fingerprint density at radius 3 is 2.35 bits per heavy atom. The SMILES string of the molecule is CCCCCNS(=O)(=O)c1cccc(C(=O)Nc2cc(C)cc(C)c2)c1. The summed E-state index contributed by atoms with van der Waals surface area (Å²) < 4.78 is 27.3. The van der Waals surface area contributed by atoms with Gasteiger partial charge in [-0.1, -0.05) is 31.9 Å². The van der Waals surface area contributed by atoms with Crippen molar-refractivity contribution >= 4 is 21.6 Å². The summed E-state index contributed by atoms with van der Waals surface area (Å²) in [5.74, 6) is -0.335. The molecule has 2 rings (SSSR count). The van der Waals surface area contributed by atoms with Crippen molar-refractivity contribution in [3.8, 4) is 0 Å². The normalized spacial score (nSPS) is 11.3. The van der Waals surface area contributed by atoms with E-state index in [-0.39, 0.29) is 10.8 Å². The molecule has 0 aromatic heterocycles. The second kappa shape index (κ2) is 8.96. The van der Waals surface area contributed by atoms with Gasteiger partial charge in [0.25, 0.3) is 5.91 Å². The van der Waals surface area contributed by atoms with Crippen LogP contribution in [0.15, 0.2) is 47.4 Å². The van der Waals surface area contributed by atoms with Crippen LogP contribution in [0.1, 0.15) is 47.7 Å². The van der Waals surface area contributed by atoms with Gasteiger partial charge in [-0.05, 0) is 61.7 Å². The number of hydrogen-bond donors (Lipinski definition) is 2. The van der Waals surface area contributed by atoms with E-state index in [2.05, 4.69) is 17.0 Å². The highest BCUT2D eigenvalue weighted by atomic mass is 32.2. The molecule has 2 aromatic rings. The lowest BCUT2D eigenvalue weighted by Gasteiger charge is -2.10. The first kappa shape index (κ1) is 20.1. The first-order chi connectivity index (χ1) is 12.3. The fraction of sp³-hybridized carbons (Fsp3) is 0.350. The maximum absolute atomic E-state index is 12.5. The molecular formula is C20H26N2O3S. The van der Waals surface area contributed by atoms with Crippen molar-refractivity contribution in [2.75, 3.05) is 11.9 Å². The van der Waals surface area contributed by atoms with Crippen LogP contribution in [0, 0.1) is 13.8 Å². The number of carbonyl (C=O) groups excluding carboxylic acids is 1. The van der Waals surface area contributed by atoms with Crippen molar-refractivity contribution < 1.29 is 13.2 Å². The molecule has 0 heterocycles. The second-order valence-corrected chi connectivity index (χ2v) is 8.23. The first-order valence-corrected chi connectivity index (χ1v) is 10.3. The van der Waals surface area contributed by atoms with Crippen LogP contribution in [0.3, 0.4) is 0 Å². The molecule has 6 heteroatoms. The lowest BCUT2D eigenvalue weighted by molar-refractivity contribution is 0.102. The summed E-state index contributed by atoms with van der Waals surface area (Å²) in [7, 11) is -3.61. The molecule has 0 atom stereocenters. The first-order valence-electron chi connectivity index (χ1n) is 8.81. The molecular weight excluding hydrogens is 348 g/mol. The van der Waals surface area contributed by atoms with Gasteiger partial charge < -0.3 is 5.32 Å². The summed E-state index contributed by atoms with van der Waals surface area (Å²) in [5.41, 5.74) is 3.10. The van der Waals surface area contributed by atoms with Crippen LogP contribution in [0.25, 0.3) is 0 Å². The predicted molar refractivity (Wildman–Crippen MR) is 105 cm³/mol. The van der Waals surface area contributed by atoms with Crippen molar-refractivity contribution in [2.45, 2.75) is 44.9 Å². The molecule has 0 saturated carbocycles. The predicted octanol–water partition coefficient (Wildman–Crippen LogP) is 4.02. The van der Waals surface area contributed by atoms with Crippen LogP contribution in [0.5, 0.6) is 0 Å². The molecule has 2 N–H and O–H groups in total. The van der Waals surface area contributed by atoms with Crippen molar-refractivity contribution in [1.29, 1.82) is 0 Å². The molecule has 0 aliphatic rings. The summed E-state index contributed by atoms with van der Waals surface area (Å²) in [6.45, 7) is 6.38. The number of carbonyl (C=O) groups is 1. The molecule has 0 spiro atoms. The van der Waals surface area contributed by atoms with Gasteiger partial charge in [-0.3, -0.25) is 4.79 Å². The highest BCUT2D eigenvalue weighted by Gasteiger charge is 2.16. The molecule has 0 radical (unpaired) electrons. The number of anilines is 1. The maximum Gasteiger partial charge on any atom is 0.255 e. The molecule has 0 aliphatic heterocycles. The van der Waals surface area contributed by atoms with Crippen LogP contribution < -0.4 is 10.0 Å². The Kier molecular flexibility index (Phi) is 6.94. The van der Waals surface area contributed by atoms with Crippen LogP contribution in [-0.4, -0.2) is 20.9 Å². The van der Waals surface area contributed by atoms with Gasteiger partial charge in [0.1, 0.15) is 0 Å². The Balaban J connectivity index is 2.13. The monoisotopic (exact) mass is 374 g/mol. The van der Waals surface area contributed by atoms with E-state index in [0.29, 0.717) is 17.8 Å².